The Hall–Kier alpha value is -2.39. The zero-order valence-electron chi connectivity index (χ0n) is 15.8. The van der Waals surface area contributed by atoms with Crippen LogP contribution in [0.25, 0.3) is 11.1 Å². The molecular formula is C24H26O2S. The predicted molar refractivity (Wildman–Crippen MR) is 113 cm³/mol. The van der Waals surface area contributed by atoms with Gasteiger partial charge >= 0.3 is 5.97 Å². The Kier molecular flexibility index (Phi) is 7.23. The van der Waals surface area contributed by atoms with Crippen LogP contribution in [-0.4, -0.2) is 13.1 Å². The third kappa shape index (κ3) is 5.80. The first kappa shape index (κ1) is 19.4. The van der Waals surface area contributed by atoms with Crippen LogP contribution in [0.4, 0.5) is 0 Å². The number of esters is 1. The summed E-state index contributed by atoms with van der Waals surface area (Å²) in [6, 6.07) is 21.3. The second kappa shape index (κ2) is 10.1. The first-order chi connectivity index (χ1) is 13.3. The predicted octanol–water partition coefficient (Wildman–Crippen LogP) is 6.16. The molecule has 0 spiro atoms. The van der Waals surface area contributed by atoms with E-state index in [9.17, 15) is 4.79 Å². The Morgan fingerprint density at radius 3 is 2.30 bits per heavy atom. The molecule has 3 heteroatoms. The molecule has 0 amide bonds. The van der Waals surface area contributed by atoms with Crippen LogP contribution in [0.3, 0.4) is 0 Å². The molecule has 1 aromatic heterocycles. The highest BCUT2D eigenvalue weighted by Gasteiger charge is 2.18. The van der Waals surface area contributed by atoms with E-state index in [0.29, 0.717) is 0 Å². The highest BCUT2D eigenvalue weighted by atomic mass is 32.1. The lowest BCUT2D eigenvalue weighted by Crippen LogP contribution is -2.17. The van der Waals surface area contributed by atoms with Gasteiger partial charge in [0.25, 0.3) is 0 Å². The van der Waals surface area contributed by atoms with Crippen LogP contribution < -0.4 is 0 Å². The maximum atomic E-state index is 12.2. The molecule has 0 fully saturated rings. The number of benzene rings is 2. The van der Waals surface area contributed by atoms with E-state index in [4.69, 9.17) is 4.74 Å². The summed E-state index contributed by atoms with van der Waals surface area (Å²) < 4.78 is 5.03. The Labute approximate surface area is 165 Å². The summed E-state index contributed by atoms with van der Waals surface area (Å²) in [5, 5.41) is 4.26. The van der Waals surface area contributed by atoms with Gasteiger partial charge in [-0.2, -0.15) is 11.3 Å². The van der Waals surface area contributed by atoms with Crippen molar-refractivity contribution in [2.45, 2.75) is 32.1 Å². The van der Waals surface area contributed by atoms with Crippen molar-refractivity contribution in [3.8, 4) is 11.1 Å². The minimum atomic E-state index is -0.0852. The molecule has 3 aromatic rings. The molecule has 1 atom stereocenters. The SMILES string of the molecule is COC(=O)C(CCCc1ccccc1)CCc1ccc(-c2ccsc2)cc1. The van der Waals surface area contributed by atoms with Crippen molar-refractivity contribution >= 4 is 17.3 Å². The molecule has 2 aromatic carbocycles. The summed E-state index contributed by atoms with van der Waals surface area (Å²) in [7, 11) is 1.49. The van der Waals surface area contributed by atoms with Crippen LogP contribution in [-0.2, 0) is 22.4 Å². The number of rotatable bonds is 9. The first-order valence-electron chi connectivity index (χ1n) is 9.49. The summed E-state index contributed by atoms with van der Waals surface area (Å²) in [4.78, 5) is 12.2. The van der Waals surface area contributed by atoms with Crippen molar-refractivity contribution in [1.29, 1.82) is 0 Å². The number of hydrogen-bond acceptors (Lipinski definition) is 3. The zero-order valence-corrected chi connectivity index (χ0v) is 16.6. The maximum absolute atomic E-state index is 12.2. The molecule has 1 heterocycles. The summed E-state index contributed by atoms with van der Waals surface area (Å²) in [6.45, 7) is 0. The summed E-state index contributed by atoms with van der Waals surface area (Å²) in [6.07, 6.45) is 4.60. The van der Waals surface area contributed by atoms with Crippen molar-refractivity contribution in [2.24, 2.45) is 5.92 Å². The van der Waals surface area contributed by atoms with Gasteiger partial charge in [-0.1, -0.05) is 54.6 Å². The van der Waals surface area contributed by atoms with Crippen LogP contribution in [0.5, 0.6) is 0 Å². The van der Waals surface area contributed by atoms with Gasteiger partial charge in [-0.05, 0) is 71.2 Å². The normalized spacial score (nSPS) is 11.9. The summed E-state index contributed by atoms with van der Waals surface area (Å²) >= 11 is 1.71. The second-order valence-corrected chi connectivity index (χ2v) is 7.63. The molecule has 0 bridgehead atoms. The Morgan fingerprint density at radius 2 is 1.63 bits per heavy atom. The van der Waals surface area contributed by atoms with E-state index in [1.165, 1.54) is 29.4 Å². The number of thiophene rings is 1. The molecule has 0 aliphatic heterocycles. The molecule has 1 unspecified atom stereocenters. The average Bonchev–Trinajstić information content (AvgIpc) is 3.26. The fourth-order valence-corrected chi connectivity index (χ4v) is 4.04. The van der Waals surface area contributed by atoms with Gasteiger partial charge in [-0.3, -0.25) is 4.79 Å². The number of hydrogen-bond donors (Lipinski definition) is 0. The molecule has 0 saturated carbocycles. The highest BCUT2D eigenvalue weighted by molar-refractivity contribution is 7.08. The molecule has 2 nitrogen and oxygen atoms in total. The molecule has 0 radical (unpaired) electrons. The summed E-state index contributed by atoms with van der Waals surface area (Å²) in [5.74, 6) is -0.117. The quantitative estimate of drug-likeness (QED) is 0.417. The van der Waals surface area contributed by atoms with Crippen molar-refractivity contribution in [3.63, 3.8) is 0 Å². The van der Waals surface area contributed by atoms with Gasteiger partial charge in [0.05, 0.1) is 13.0 Å². The Balaban J connectivity index is 1.52. The van der Waals surface area contributed by atoms with Gasteiger partial charge in [0.15, 0.2) is 0 Å². The fraction of sp³-hybridized carbons (Fsp3) is 0.292. The largest absolute Gasteiger partial charge is 0.469 e. The van der Waals surface area contributed by atoms with E-state index < -0.39 is 0 Å². The average molecular weight is 379 g/mol. The van der Waals surface area contributed by atoms with Crippen molar-refractivity contribution in [3.05, 3.63) is 82.6 Å². The first-order valence-corrected chi connectivity index (χ1v) is 10.4. The van der Waals surface area contributed by atoms with Crippen LogP contribution in [0, 0.1) is 5.92 Å². The molecule has 140 valence electrons. The van der Waals surface area contributed by atoms with Crippen molar-refractivity contribution in [2.75, 3.05) is 7.11 Å². The van der Waals surface area contributed by atoms with E-state index in [1.807, 2.05) is 6.07 Å². The number of ether oxygens (including phenoxy) is 1. The molecular weight excluding hydrogens is 352 g/mol. The van der Waals surface area contributed by atoms with Crippen LogP contribution >= 0.6 is 11.3 Å². The Morgan fingerprint density at radius 1 is 0.889 bits per heavy atom. The molecule has 0 aliphatic rings. The lowest BCUT2D eigenvalue weighted by Gasteiger charge is -2.15. The second-order valence-electron chi connectivity index (χ2n) is 6.85. The fourth-order valence-electron chi connectivity index (χ4n) is 3.38. The smallest absolute Gasteiger partial charge is 0.308 e. The van der Waals surface area contributed by atoms with Crippen LogP contribution in [0.1, 0.15) is 30.4 Å². The van der Waals surface area contributed by atoms with E-state index in [-0.39, 0.29) is 11.9 Å². The molecule has 0 saturated heterocycles. The number of methoxy groups -OCH3 is 1. The molecule has 3 rings (SSSR count). The lowest BCUT2D eigenvalue weighted by atomic mass is 9.93. The van der Waals surface area contributed by atoms with Gasteiger partial charge < -0.3 is 4.74 Å². The van der Waals surface area contributed by atoms with Crippen LogP contribution in [0.2, 0.25) is 0 Å². The van der Waals surface area contributed by atoms with E-state index in [2.05, 4.69) is 65.4 Å². The van der Waals surface area contributed by atoms with Crippen LogP contribution in [0.15, 0.2) is 71.4 Å². The van der Waals surface area contributed by atoms with Gasteiger partial charge in [0, 0.05) is 0 Å². The number of aryl methyl sites for hydroxylation is 2. The van der Waals surface area contributed by atoms with E-state index in [0.717, 1.165) is 32.1 Å². The van der Waals surface area contributed by atoms with Crippen molar-refractivity contribution in [1.82, 2.24) is 0 Å². The minimum Gasteiger partial charge on any atom is -0.469 e. The van der Waals surface area contributed by atoms with Gasteiger partial charge in [0.1, 0.15) is 0 Å². The highest BCUT2D eigenvalue weighted by Crippen LogP contribution is 2.24. The maximum Gasteiger partial charge on any atom is 0.308 e. The third-order valence-electron chi connectivity index (χ3n) is 4.99. The Bertz CT molecular complexity index is 807. The number of carbonyl (C=O) groups excluding carboxylic acids is 1. The minimum absolute atomic E-state index is 0.0322. The standard InChI is InChI=1S/C24H26O2S/c1-26-24(25)22(9-5-8-19-6-3-2-4-7-19)15-12-20-10-13-21(14-11-20)23-16-17-27-18-23/h2-4,6-7,10-11,13-14,16-18,22H,5,8-9,12,15H2,1H3. The van der Waals surface area contributed by atoms with Gasteiger partial charge in [-0.15, -0.1) is 0 Å². The van der Waals surface area contributed by atoms with E-state index in [1.54, 1.807) is 11.3 Å². The molecule has 0 aliphatic carbocycles. The van der Waals surface area contributed by atoms with Gasteiger partial charge in [-0.25, -0.2) is 0 Å². The zero-order chi connectivity index (χ0) is 18.9. The molecule has 27 heavy (non-hydrogen) atoms. The molecule has 0 N–H and O–H groups in total. The lowest BCUT2D eigenvalue weighted by molar-refractivity contribution is -0.145. The number of carbonyl (C=O) groups is 1. The summed E-state index contributed by atoms with van der Waals surface area (Å²) in [5.41, 5.74) is 5.10. The topological polar surface area (TPSA) is 26.3 Å². The van der Waals surface area contributed by atoms with Gasteiger partial charge in [0.2, 0.25) is 0 Å². The third-order valence-corrected chi connectivity index (χ3v) is 5.67. The van der Waals surface area contributed by atoms with E-state index >= 15 is 0 Å². The monoisotopic (exact) mass is 378 g/mol. The van der Waals surface area contributed by atoms with Crippen molar-refractivity contribution < 1.29 is 9.53 Å².